The molecular weight excluding hydrogens is 262 g/mol. The molecular formula is C15H18F2N2O. The van der Waals surface area contributed by atoms with Gasteiger partial charge in [0.05, 0.1) is 11.6 Å². The lowest BCUT2D eigenvalue weighted by molar-refractivity contribution is 0.0268. The van der Waals surface area contributed by atoms with Gasteiger partial charge in [-0.05, 0) is 31.4 Å². The molecule has 0 unspecified atom stereocenters. The summed E-state index contributed by atoms with van der Waals surface area (Å²) in [5.74, 6) is -1.71. The molecule has 0 spiro atoms. The molecule has 2 rings (SSSR count). The summed E-state index contributed by atoms with van der Waals surface area (Å²) in [5.41, 5.74) is -1.00. The second-order valence-corrected chi connectivity index (χ2v) is 5.22. The van der Waals surface area contributed by atoms with E-state index in [4.69, 9.17) is 5.26 Å². The minimum Gasteiger partial charge on any atom is -0.388 e. The van der Waals surface area contributed by atoms with Gasteiger partial charge < -0.3 is 10.0 Å². The maximum atomic E-state index is 13.7. The van der Waals surface area contributed by atoms with Crippen LogP contribution in [0.5, 0.6) is 0 Å². The number of hydrogen-bond acceptors (Lipinski definition) is 3. The van der Waals surface area contributed by atoms with Crippen LogP contribution < -0.4 is 4.90 Å². The van der Waals surface area contributed by atoms with Crippen LogP contribution in [-0.4, -0.2) is 23.3 Å². The first-order valence-corrected chi connectivity index (χ1v) is 6.85. The topological polar surface area (TPSA) is 47.3 Å². The third-order valence-corrected chi connectivity index (χ3v) is 4.25. The number of aliphatic hydroxyl groups is 1. The zero-order valence-corrected chi connectivity index (χ0v) is 11.7. The van der Waals surface area contributed by atoms with E-state index in [0.717, 1.165) is 0 Å². The van der Waals surface area contributed by atoms with Gasteiger partial charge in [-0.3, -0.25) is 0 Å². The average molecular weight is 280 g/mol. The van der Waals surface area contributed by atoms with E-state index in [0.29, 0.717) is 31.5 Å². The van der Waals surface area contributed by atoms with E-state index < -0.39 is 22.8 Å². The third kappa shape index (κ3) is 2.25. The average Bonchev–Trinajstić information content (AvgIpc) is 2.76. The van der Waals surface area contributed by atoms with Crippen molar-refractivity contribution < 1.29 is 13.9 Å². The molecule has 1 aromatic rings. The van der Waals surface area contributed by atoms with Crippen molar-refractivity contribution in [3.63, 3.8) is 0 Å². The van der Waals surface area contributed by atoms with Crippen molar-refractivity contribution in [1.82, 2.24) is 0 Å². The summed E-state index contributed by atoms with van der Waals surface area (Å²) in [6.07, 6.45) is 1.86. The van der Waals surface area contributed by atoms with Gasteiger partial charge in [0.25, 0.3) is 0 Å². The Morgan fingerprint density at radius 3 is 2.45 bits per heavy atom. The van der Waals surface area contributed by atoms with E-state index in [9.17, 15) is 13.9 Å². The summed E-state index contributed by atoms with van der Waals surface area (Å²) in [6, 6.07) is 3.69. The minimum absolute atomic E-state index is 0.167. The number of anilines is 1. The summed E-state index contributed by atoms with van der Waals surface area (Å²) >= 11 is 0. The second-order valence-electron chi connectivity index (χ2n) is 5.22. The van der Waals surface area contributed by atoms with Crippen molar-refractivity contribution in [2.45, 2.75) is 44.8 Å². The third-order valence-electron chi connectivity index (χ3n) is 4.25. The lowest BCUT2D eigenvalue weighted by atomic mass is 9.90. The lowest BCUT2D eigenvalue weighted by Crippen LogP contribution is -2.44. The Hall–Kier alpha value is -1.67. The molecule has 3 nitrogen and oxygen atoms in total. The van der Waals surface area contributed by atoms with Crippen LogP contribution in [0.15, 0.2) is 12.1 Å². The van der Waals surface area contributed by atoms with Crippen molar-refractivity contribution >= 4 is 5.69 Å². The predicted molar refractivity (Wildman–Crippen MR) is 72.4 cm³/mol. The fourth-order valence-corrected chi connectivity index (χ4v) is 3.08. The molecule has 108 valence electrons. The van der Waals surface area contributed by atoms with Gasteiger partial charge in [0.2, 0.25) is 0 Å². The van der Waals surface area contributed by atoms with Gasteiger partial charge in [0, 0.05) is 12.2 Å². The number of nitrogens with zero attached hydrogens (tertiary/aromatic N) is 2. The molecule has 1 N–H and O–H groups in total. The summed E-state index contributed by atoms with van der Waals surface area (Å²) < 4.78 is 27.4. The van der Waals surface area contributed by atoms with Crippen molar-refractivity contribution in [3.8, 4) is 6.07 Å². The quantitative estimate of drug-likeness (QED) is 0.926. The van der Waals surface area contributed by atoms with Gasteiger partial charge in [0.15, 0.2) is 0 Å². The molecule has 0 aliphatic carbocycles. The highest BCUT2D eigenvalue weighted by Crippen LogP contribution is 2.37. The number of hydrogen-bond donors (Lipinski definition) is 1. The van der Waals surface area contributed by atoms with Crippen LogP contribution in [0.2, 0.25) is 0 Å². The van der Waals surface area contributed by atoms with Crippen molar-refractivity contribution in [1.29, 1.82) is 5.26 Å². The van der Waals surface area contributed by atoms with E-state index in [-0.39, 0.29) is 6.04 Å². The SMILES string of the molecule is CC[C@@H]1N(c2cc(F)c(C#N)c(F)c2)CC[C@@]1(O)CC. The van der Waals surface area contributed by atoms with Crippen LogP contribution in [0, 0.1) is 23.0 Å². The molecule has 1 saturated heterocycles. The molecule has 20 heavy (non-hydrogen) atoms. The first-order chi connectivity index (χ1) is 9.46. The van der Waals surface area contributed by atoms with Crippen LogP contribution in [-0.2, 0) is 0 Å². The number of nitriles is 1. The van der Waals surface area contributed by atoms with E-state index in [1.165, 1.54) is 18.2 Å². The number of rotatable bonds is 3. The summed E-state index contributed by atoms with van der Waals surface area (Å²) in [7, 11) is 0. The van der Waals surface area contributed by atoms with E-state index in [2.05, 4.69) is 0 Å². The van der Waals surface area contributed by atoms with Gasteiger partial charge in [-0.2, -0.15) is 5.26 Å². The fraction of sp³-hybridized carbons (Fsp3) is 0.533. The number of halogens is 2. The van der Waals surface area contributed by atoms with Crippen LogP contribution in [0.3, 0.4) is 0 Å². The highest BCUT2D eigenvalue weighted by atomic mass is 19.1. The smallest absolute Gasteiger partial charge is 0.146 e. The Balaban J connectivity index is 2.41. The van der Waals surface area contributed by atoms with Gasteiger partial charge in [0.1, 0.15) is 23.3 Å². The zero-order chi connectivity index (χ0) is 14.9. The minimum atomic E-state index is -0.857. The van der Waals surface area contributed by atoms with E-state index >= 15 is 0 Å². The normalized spacial score (nSPS) is 25.8. The van der Waals surface area contributed by atoms with Crippen molar-refractivity contribution in [2.24, 2.45) is 0 Å². The Bertz CT molecular complexity index is 532. The molecule has 1 aliphatic heterocycles. The van der Waals surface area contributed by atoms with Crippen LogP contribution >= 0.6 is 0 Å². The van der Waals surface area contributed by atoms with Crippen LogP contribution in [0.1, 0.15) is 38.7 Å². The molecule has 1 heterocycles. The Morgan fingerprint density at radius 1 is 1.40 bits per heavy atom. The highest BCUT2D eigenvalue weighted by molar-refractivity contribution is 5.53. The molecule has 0 saturated carbocycles. The molecule has 5 heteroatoms. The largest absolute Gasteiger partial charge is 0.388 e. The highest BCUT2D eigenvalue weighted by Gasteiger charge is 2.43. The predicted octanol–water partition coefficient (Wildman–Crippen LogP) is 2.97. The Kier molecular flexibility index (Phi) is 3.96. The van der Waals surface area contributed by atoms with Crippen LogP contribution in [0.4, 0.5) is 14.5 Å². The summed E-state index contributed by atoms with van der Waals surface area (Å²) in [6.45, 7) is 4.40. The molecule has 1 fully saturated rings. The van der Waals surface area contributed by atoms with Gasteiger partial charge >= 0.3 is 0 Å². The monoisotopic (exact) mass is 280 g/mol. The second kappa shape index (κ2) is 5.37. The molecule has 0 amide bonds. The van der Waals surface area contributed by atoms with Gasteiger partial charge in [-0.25, -0.2) is 8.78 Å². The summed E-state index contributed by atoms with van der Waals surface area (Å²) in [4.78, 5) is 1.83. The first kappa shape index (κ1) is 14.7. The van der Waals surface area contributed by atoms with Gasteiger partial charge in [-0.1, -0.05) is 13.8 Å². The summed E-state index contributed by atoms with van der Waals surface area (Å²) in [5, 5.41) is 19.2. The van der Waals surface area contributed by atoms with E-state index in [1.807, 2.05) is 18.7 Å². The van der Waals surface area contributed by atoms with Gasteiger partial charge in [-0.15, -0.1) is 0 Å². The van der Waals surface area contributed by atoms with Crippen LogP contribution in [0.25, 0.3) is 0 Å². The Labute approximate surface area is 117 Å². The molecule has 1 aromatic carbocycles. The zero-order valence-electron chi connectivity index (χ0n) is 11.7. The molecule has 0 aromatic heterocycles. The maximum absolute atomic E-state index is 13.7. The van der Waals surface area contributed by atoms with E-state index in [1.54, 1.807) is 0 Å². The fourth-order valence-electron chi connectivity index (χ4n) is 3.08. The standard InChI is InChI=1S/C15H18F2N2O/c1-3-14-15(20,4-2)5-6-19(14)10-7-12(16)11(9-18)13(17)8-10/h7-8,14,20H,3-6H2,1-2H3/t14-,15-/m0/s1. The molecule has 1 aliphatic rings. The lowest BCUT2D eigenvalue weighted by Gasteiger charge is -2.34. The Morgan fingerprint density at radius 2 is 2.00 bits per heavy atom. The molecule has 0 bridgehead atoms. The first-order valence-electron chi connectivity index (χ1n) is 6.85. The number of benzene rings is 1. The maximum Gasteiger partial charge on any atom is 0.146 e. The molecule has 0 radical (unpaired) electrons. The van der Waals surface area contributed by atoms with Crippen molar-refractivity contribution in [2.75, 3.05) is 11.4 Å². The van der Waals surface area contributed by atoms with Crippen molar-refractivity contribution in [3.05, 3.63) is 29.3 Å². The molecule has 2 atom stereocenters.